The molecule has 2 heterocycles. The summed E-state index contributed by atoms with van der Waals surface area (Å²) < 4.78 is 5.61. The number of nitriles is 1. The lowest BCUT2D eigenvalue weighted by atomic mass is 10.1. The molecule has 7 nitrogen and oxygen atoms in total. The summed E-state index contributed by atoms with van der Waals surface area (Å²) in [4.78, 5) is 24.3. The number of primary amides is 1. The lowest BCUT2D eigenvalue weighted by Gasteiger charge is -2.25. The van der Waals surface area contributed by atoms with Gasteiger partial charge in [0, 0.05) is 25.2 Å². The standard InChI is InChI=1S/C14H16N4O3/c15-9-10(13(19)17-14(16)20)8-11-4-5-12(21-11)18-6-2-1-3-7-18/h4-5,8H,1-3,6-7H2,(H3,16,17,19,20)/b10-8-. The average molecular weight is 288 g/mol. The molecule has 0 atom stereocenters. The molecule has 2 rings (SSSR count). The van der Waals surface area contributed by atoms with Gasteiger partial charge in [0.2, 0.25) is 0 Å². The summed E-state index contributed by atoms with van der Waals surface area (Å²) in [5.74, 6) is 0.251. The molecule has 0 saturated carbocycles. The minimum absolute atomic E-state index is 0.242. The van der Waals surface area contributed by atoms with Gasteiger partial charge in [0.25, 0.3) is 5.91 Å². The maximum Gasteiger partial charge on any atom is 0.319 e. The number of anilines is 1. The van der Waals surface area contributed by atoms with Crippen molar-refractivity contribution in [2.45, 2.75) is 19.3 Å². The first kappa shape index (κ1) is 14.7. The first-order valence-corrected chi connectivity index (χ1v) is 6.67. The summed E-state index contributed by atoms with van der Waals surface area (Å²) in [7, 11) is 0. The van der Waals surface area contributed by atoms with Crippen LogP contribution in [0.15, 0.2) is 22.1 Å². The third-order valence-electron chi connectivity index (χ3n) is 3.17. The van der Waals surface area contributed by atoms with Gasteiger partial charge in [-0.3, -0.25) is 10.1 Å². The van der Waals surface area contributed by atoms with Gasteiger partial charge in [-0.25, -0.2) is 4.79 Å². The van der Waals surface area contributed by atoms with Gasteiger partial charge < -0.3 is 15.1 Å². The number of nitrogens with two attached hydrogens (primary N) is 1. The zero-order valence-electron chi connectivity index (χ0n) is 11.5. The normalized spacial score (nSPS) is 15.4. The fourth-order valence-electron chi connectivity index (χ4n) is 2.17. The Kier molecular flexibility index (Phi) is 4.61. The van der Waals surface area contributed by atoms with Gasteiger partial charge in [-0.1, -0.05) is 0 Å². The largest absolute Gasteiger partial charge is 0.441 e. The fourth-order valence-corrected chi connectivity index (χ4v) is 2.17. The molecule has 0 spiro atoms. The van der Waals surface area contributed by atoms with E-state index in [9.17, 15) is 9.59 Å². The van der Waals surface area contributed by atoms with Crippen molar-refractivity contribution in [1.82, 2.24) is 5.32 Å². The van der Waals surface area contributed by atoms with Gasteiger partial charge in [0.05, 0.1) is 0 Å². The minimum Gasteiger partial charge on any atom is -0.441 e. The highest BCUT2D eigenvalue weighted by atomic mass is 16.4. The number of urea groups is 1. The van der Waals surface area contributed by atoms with Crippen LogP contribution < -0.4 is 16.0 Å². The number of nitrogens with zero attached hydrogens (tertiary/aromatic N) is 2. The van der Waals surface area contributed by atoms with Gasteiger partial charge in [-0.15, -0.1) is 0 Å². The maximum absolute atomic E-state index is 11.5. The highest BCUT2D eigenvalue weighted by Gasteiger charge is 2.15. The van der Waals surface area contributed by atoms with E-state index in [1.165, 1.54) is 12.5 Å². The summed E-state index contributed by atoms with van der Waals surface area (Å²) in [6.45, 7) is 1.87. The van der Waals surface area contributed by atoms with Gasteiger partial charge in [-0.2, -0.15) is 5.26 Å². The minimum atomic E-state index is -1.00. The SMILES string of the molecule is N#C/C(=C/c1ccc(N2CCCCC2)o1)C(=O)NC(N)=O. The Morgan fingerprint density at radius 3 is 2.67 bits per heavy atom. The summed E-state index contributed by atoms with van der Waals surface area (Å²) in [5, 5.41) is 10.8. The number of carbonyl (C=O) groups is 2. The number of hydrogen-bond acceptors (Lipinski definition) is 5. The Labute approximate surface area is 122 Å². The van der Waals surface area contributed by atoms with E-state index in [1.54, 1.807) is 18.2 Å². The molecule has 1 aliphatic rings. The maximum atomic E-state index is 11.5. The third kappa shape index (κ3) is 3.86. The Morgan fingerprint density at radius 2 is 2.05 bits per heavy atom. The molecule has 1 fully saturated rings. The molecule has 110 valence electrons. The van der Waals surface area contributed by atoms with E-state index >= 15 is 0 Å². The predicted octanol–water partition coefficient (Wildman–Crippen LogP) is 1.37. The topological polar surface area (TPSA) is 112 Å². The molecule has 21 heavy (non-hydrogen) atoms. The zero-order valence-corrected chi connectivity index (χ0v) is 11.5. The van der Waals surface area contributed by atoms with E-state index in [0.29, 0.717) is 11.6 Å². The number of amides is 3. The Morgan fingerprint density at radius 1 is 1.33 bits per heavy atom. The van der Waals surface area contributed by atoms with Crippen molar-refractivity contribution >= 4 is 23.9 Å². The first-order chi connectivity index (χ1) is 10.1. The quantitative estimate of drug-likeness (QED) is 0.644. The van der Waals surface area contributed by atoms with Gasteiger partial charge in [-0.05, 0) is 25.3 Å². The number of nitrogens with one attached hydrogen (secondary N) is 1. The van der Waals surface area contributed by atoms with Crippen molar-refractivity contribution in [2.75, 3.05) is 18.0 Å². The molecule has 1 aromatic heterocycles. The van der Waals surface area contributed by atoms with Crippen LogP contribution in [0.2, 0.25) is 0 Å². The van der Waals surface area contributed by atoms with E-state index in [-0.39, 0.29) is 5.57 Å². The van der Waals surface area contributed by atoms with E-state index < -0.39 is 11.9 Å². The van der Waals surface area contributed by atoms with E-state index in [1.807, 2.05) is 5.32 Å². The smallest absolute Gasteiger partial charge is 0.319 e. The Hall–Kier alpha value is -2.75. The lowest BCUT2D eigenvalue weighted by Crippen LogP contribution is -2.35. The molecule has 0 radical (unpaired) electrons. The Bertz CT molecular complexity index is 606. The molecule has 3 N–H and O–H groups in total. The molecule has 0 unspecified atom stereocenters. The van der Waals surface area contributed by atoms with Crippen molar-refractivity contribution in [1.29, 1.82) is 5.26 Å². The summed E-state index contributed by atoms with van der Waals surface area (Å²) >= 11 is 0. The van der Waals surface area contributed by atoms with Crippen molar-refractivity contribution in [3.05, 3.63) is 23.5 Å². The molecule has 1 aliphatic heterocycles. The van der Waals surface area contributed by atoms with E-state index in [2.05, 4.69) is 4.90 Å². The van der Waals surface area contributed by atoms with Gasteiger partial charge in [0.15, 0.2) is 5.88 Å². The number of imide groups is 1. The number of furan rings is 1. The van der Waals surface area contributed by atoms with Crippen LogP contribution >= 0.6 is 0 Å². The molecular weight excluding hydrogens is 272 g/mol. The van der Waals surface area contributed by atoms with Crippen molar-refractivity contribution in [3.63, 3.8) is 0 Å². The molecular formula is C14H16N4O3. The fraction of sp³-hybridized carbons (Fsp3) is 0.357. The molecule has 0 aliphatic carbocycles. The van der Waals surface area contributed by atoms with Crippen molar-refractivity contribution in [2.24, 2.45) is 5.73 Å². The van der Waals surface area contributed by atoms with Crippen molar-refractivity contribution in [3.8, 4) is 6.07 Å². The van der Waals surface area contributed by atoms with Gasteiger partial charge >= 0.3 is 6.03 Å². The second-order valence-electron chi connectivity index (χ2n) is 4.71. The zero-order chi connectivity index (χ0) is 15.2. The number of carbonyl (C=O) groups excluding carboxylic acids is 2. The number of rotatable bonds is 3. The van der Waals surface area contributed by atoms with Crippen LogP contribution in [0.3, 0.4) is 0 Å². The van der Waals surface area contributed by atoms with E-state index in [0.717, 1.165) is 25.9 Å². The van der Waals surface area contributed by atoms with Crippen LogP contribution in [-0.2, 0) is 4.79 Å². The molecule has 1 aromatic rings. The highest BCUT2D eigenvalue weighted by molar-refractivity contribution is 6.08. The second kappa shape index (κ2) is 6.61. The summed E-state index contributed by atoms with van der Waals surface area (Å²) in [6, 6.07) is 4.19. The lowest BCUT2D eigenvalue weighted by molar-refractivity contribution is -0.115. The Balaban J connectivity index is 2.12. The highest BCUT2D eigenvalue weighted by Crippen LogP contribution is 2.23. The molecule has 0 aromatic carbocycles. The molecule has 7 heteroatoms. The van der Waals surface area contributed by atoms with Crippen LogP contribution in [0.1, 0.15) is 25.0 Å². The summed E-state index contributed by atoms with van der Waals surface area (Å²) in [5.41, 5.74) is 4.60. The van der Waals surface area contributed by atoms with Crippen molar-refractivity contribution < 1.29 is 14.0 Å². The first-order valence-electron chi connectivity index (χ1n) is 6.67. The van der Waals surface area contributed by atoms with E-state index in [4.69, 9.17) is 15.4 Å². The van der Waals surface area contributed by atoms with Crippen LogP contribution in [0.4, 0.5) is 10.7 Å². The van der Waals surface area contributed by atoms with Crippen LogP contribution in [-0.4, -0.2) is 25.0 Å². The molecule has 0 bridgehead atoms. The monoisotopic (exact) mass is 288 g/mol. The molecule has 1 saturated heterocycles. The van der Waals surface area contributed by atoms with Crippen LogP contribution in [0.5, 0.6) is 0 Å². The predicted molar refractivity (Wildman–Crippen MR) is 76.1 cm³/mol. The summed E-state index contributed by atoms with van der Waals surface area (Å²) in [6.07, 6.45) is 4.74. The van der Waals surface area contributed by atoms with Crippen LogP contribution in [0.25, 0.3) is 6.08 Å². The van der Waals surface area contributed by atoms with Crippen LogP contribution in [0, 0.1) is 11.3 Å². The number of hydrogen-bond donors (Lipinski definition) is 2. The molecule has 3 amide bonds. The van der Waals surface area contributed by atoms with Gasteiger partial charge in [0.1, 0.15) is 17.4 Å². The second-order valence-corrected chi connectivity index (χ2v) is 4.71. The third-order valence-corrected chi connectivity index (χ3v) is 3.17. The average Bonchev–Trinajstić information content (AvgIpc) is 2.93. The number of piperidine rings is 1.